The normalized spacial score (nSPS) is 19.1. The van der Waals surface area contributed by atoms with Gasteiger partial charge in [-0.15, -0.1) is 0 Å². The number of unbranched alkanes of at least 4 members (excludes halogenated alkanes) is 16. The van der Waals surface area contributed by atoms with Gasteiger partial charge in [-0.05, 0) is 44.7 Å². The van der Waals surface area contributed by atoms with Crippen LogP contribution < -0.4 is 5.32 Å². The summed E-state index contributed by atoms with van der Waals surface area (Å²) >= 11 is 0. The molecule has 3 N–H and O–H groups in total. The van der Waals surface area contributed by atoms with E-state index in [1.54, 1.807) is 0 Å². The van der Waals surface area contributed by atoms with Gasteiger partial charge in [0.25, 0.3) is 0 Å². The van der Waals surface area contributed by atoms with Gasteiger partial charge in [-0.2, -0.15) is 5.10 Å². The van der Waals surface area contributed by atoms with Crippen LogP contribution in [0.5, 0.6) is 0 Å². The summed E-state index contributed by atoms with van der Waals surface area (Å²) < 4.78 is 8.02. The molecule has 0 radical (unpaired) electrons. The van der Waals surface area contributed by atoms with E-state index in [1.165, 1.54) is 108 Å². The zero-order valence-electron chi connectivity index (χ0n) is 25.6. The van der Waals surface area contributed by atoms with Crippen LogP contribution in [0.4, 0.5) is 0 Å². The van der Waals surface area contributed by atoms with E-state index >= 15 is 0 Å². The third-order valence-electron chi connectivity index (χ3n) is 8.63. The molecule has 228 valence electrons. The molecule has 6 nitrogen and oxygen atoms in total. The van der Waals surface area contributed by atoms with Crippen LogP contribution in [-0.4, -0.2) is 51.0 Å². The highest BCUT2D eigenvalue weighted by molar-refractivity contribution is 4.98. The largest absolute Gasteiger partial charge is 0.390 e. The van der Waals surface area contributed by atoms with Gasteiger partial charge in [0, 0.05) is 19.8 Å². The van der Waals surface area contributed by atoms with Crippen molar-refractivity contribution in [2.75, 3.05) is 6.54 Å². The molecule has 4 atom stereocenters. The van der Waals surface area contributed by atoms with E-state index in [2.05, 4.69) is 23.4 Å². The Kier molecular flexibility index (Phi) is 19.9. The fraction of sp³-hybridized carbons (Fsp3) is 0.909. The maximum Gasteiger partial charge on any atom is 0.0840 e. The molecule has 2 heterocycles. The summed E-state index contributed by atoms with van der Waals surface area (Å²) in [6, 6.07) is 2.06. The molecular formula is C33H63N3O3. The molecule has 1 saturated heterocycles. The lowest BCUT2D eigenvalue weighted by Crippen LogP contribution is -2.31. The van der Waals surface area contributed by atoms with Crippen molar-refractivity contribution in [3.8, 4) is 0 Å². The van der Waals surface area contributed by atoms with E-state index in [-0.39, 0.29) is 24.4 Å². The minimum atomic E-state index is -0.377. The van der Waals surface area contributed by atoms with Gasteiger partial charge < -0.3 is 20.3 Å². The first kappa shape index (κ1) is 34.3. The monoisotopic (exact) mass is 549 g/mol. The summed E-state index contributed by atoms with van der Waals surface area (Å²) in [5, 5.41) is 28.9. The number of nitrogens with one attached hydrogen (secondary N) is 1. The molecule has 0 unspecified atom stereocenters. The highest BCUT2D eigenvalue weighted by atomic mass is 16.5. The molecule has 1 fully saturated rings. The summed E-state index contributed by atoms with van der Waals surface area (Å²) in [5.74, 6) is 0. The summed E-state index contributed by atoms with van der Waals surface area (Å²) in [4.78, 5) is 0. The maximum atomic E-state index is 10.6. The molecule has 1 aromatic heterocycles. The van der Waals surface area contributed by atoms with Crippen molar-refractivity contribution in [3.05, 3.63) is 18.0 Å². The number of hydrogen-bond acceptors (Lipinski definition) is 5. The summed E-state index contributed by atoms with van der Waals surface area (Å²) in [5.41, 5.74) is 1.23. The van der Waals surface area contributed by atoms with E-state index in [0.717, 1.165) is 51.6 Å². The summed E-state index contributed by atoms with van der Waals surface area (Å²) in [6.45, 7) is 4.24. The minimum absolute atomic E-state index is 0.0754. The predicted octanol–water partition coefficient (Wildman–Crippen LogP) is 7.60. The Morgan fingerprint density at radius 1 is 0.769 bits per heavy atom. The van der Waals surface area contributed by atoms with Crippen LogP contribution in [0.2, 0.25) is 0 Å². The molecule has 6 heteroatoms. The van der Waals surface area contributed by atoms with Crippen LogP contribution in [0.1, 0.15) is 154 Å². The molecule has 1 aliphatic heterocycles. The van der Waals surface area contributed by atoms with Gasteiger partial charge in [0.2, 0.25) is 0 Å². The fourth-order valence-corrected chi connectivity index (χ4v) is 5.92. The van der Waals surface area contributed by atoms with Crippen molar-refractivity contribution in [1.82, 2.24) is 15.1 Å². The molecule has 0 spiro atoms. The van der Waals surface area contributed by atoms with Crippen LogP contribution >= 0.6 is 0 Å². The Hall–Kier alpha value is -0.950. The van der Waals surface area contributed by atoms with Crippen molar-refractivity contribution in [2.24, 2.45) is 7.05 Å². The van der Waals surface area contributed by atoms with Gasteiger partial charge in [0.05, 0.1) is 30.1 Å². The van der Waals surface area contributed by atoms with E-state index in [1.807, 2.05) is 17.9 Å². The van der Waals surface area contributed by atoms with Crippen LogP contribution in [0.25, 0.3) is 0 Å². The first-order chi connectivity index (χ1) is 19.1. The van der Waals surface area contributed by atoms with E-state index in [4.69, 9.17) is 4.74 Å². The van der Waals surface area contributed by atoms with E-state index in [0.29, 0.717) is 0 Å². The lowest BCUT2D eigenvalue weighted by atomic mass is 10.00. The molecule has 1 aliphatic rings. The van der Waals surface area contributed by atoms with Crippen molar-refractivity contribution in [2.45, 2.75) is 179 Å². The van der Waals surface area contributed by atoms with Gasteiger partial charge in [0.1, 0.15) is 0 Å². The van der Waals surface area contributed by atoms with Gasteiger partial charge in [-0.25, -0.2) is 0 Å². The Morgan fingerprint density at radius 3 is 1.69 bits per heavy atom. The third kappa shape index (κ3) is 16.2. The van der Waals surface area contributed by atoms with E-state index in [9.17, 15) is 10.2 Å². The third-order valence-corrected chi connectivity index (χ3v) is 8.63. The predicted molar refractivity (Wildman–Crippen MR) is 163 cm³/mol. The summed E-state index contributed by atoms with van der Waals surface area (Å²) in [6.07, 6.45) is 27.6. The van der Waals surface area contributed by atoms with Crippen LogP contribution in [0.15, 0.2) is 12.3 Å². The Morgan fingerprint density at radius 2 is 1.23 bits per heavy atom. The maximum absolute atomic E-state index is 10.6. The SMILES string of the molecule is CCCCCCCCCCCC[C@@H](O)[C@H]1CC[C@H]([C@H](O)CCCCCCCCCCNCc2ccnn2C)O1. The van der Waals surface area contributed by atoms with Crippen molar-refractivity contribution < 1.29 is 14.9 Å². The Balaban J connectivity index is 1.35. The second kappa shape index (κ2) is 22.7. The standard InChI is InChI=1S/C33H63N3O3/c1-3-4-5-6-7-8-9-12-15-18-21-30(37)32-23-24-33(39-32)31(38)22-19-16-13-10-11-14-17-20-26-34-28-29-25-27-35-36(29)2/h25,27,30-34,37-38H,3-24,26,28H2,1-2H3/t30-,31-,32-,33-/m1/s1. The fourth-order valence-electron chi connectivity index (χ4n) is 5.92. The molecule has 0 aromatic carbocycles. The van der Waals surface area contributed by atoms with Crippen LogP contribution in [0.3, 0.4) is 0 Å². The van der Waals surface area contributed by atoms with Gasteiger partial charge in [-0.3, -0.25) is 4.68 Å². The van der Waals surface area contributed by atoms with Gasteiger partial charge >= 0.3 is 0 Å². The molecule has 0 saturated carbocycles. The Bertz CT molecular complexity index is 683. The molecule has 1 aromatic rings. The molecule has 0 aliphatic carbocycles. The minimum Gasteiger partial charge on any atom is -0.390 e. The highest BCUT2D eigenvalue weighted by Crippen LogP contribution is 2.28. The zero-order chi connectivity index (χ0) is 28.0. The van der Waals surface area contributed by atoms with Crippen molar-refractivity contribution in [1.29, 1.82) is 0 Å². The van der Waals surface area contributed by atoms with Gasteiger partial charge in [0.15, 0.2) is 0 Å². The number of rotatable bonds is 26. The zero-order valence-corrected chi connectivity index (χ0v) is 25.6. The quantitative estimate of drug-likeness (QED) is 0.104. The van der Waals surface area contributed by atoms with E-state index < -0.39 is 0 Å². The smallest absolute Gasteiger partial charge is 0.0840 e. The molecule has 39 heavy (non-hydrogen) atoms. The molecule has 0 bridgehead atoms. The van der Waals surface area contributed by atoms with Crippen molar-refractivity contribution >= 4 is 0 Å². The number of hydrogen-bond donors (Lipinski definition) is 3. The molecule has 2 rings (SSSR count). The lowest BCUT2D eigenvalue weighted by Gasteiger charge is -2.22. The topological polar surface area (TPSA) is 79.5 Å². The number of aryl methyl sites for hydroxylation is 1. The van der Waals surface area contributed by atoms with Crippen LogP contribution in [-0.2, 0) is 18.3 Å². The first-order valence-corrected chi connectivity index (χ1v) is 16.8. The number of nitrogens with zero attached hydrogens (tertiary/aromatic N) is 2. The number of aliphatic hydroxyl groups excluding tert-OH is 2. The first-order valence-electron chi connectivity index (χ1n) is 16.8. The average molecular weight is 550 g/mol. The second-order valence-corrected chi connectivity index (χ2v) is 12.1. The van der Waals surface area contributed by atoms with Crippen molar-refractivity contribution in [3.63, 3.8) is 0 Å². The van der Waals surface area contributed by atoms with Gasteiger partial charge in [-0.1, -0.05) is 116 Å². The molecule has 0 amide bonds. The second-order valence-electron chi connectivity index (χ2n) is 12.1. The summed E-state index contributed by atoms with van der Waals surface area (Å²) in [7, 11) is 1.99. The Labute approximate surface area is 240 Å². The lowest BCUT2D eigenvalue weighted by molar-refractivity contribution is -0.0786. The van der Waals surface area contributed by atoms with Crippen LogP contribution in [0, 0.1) is 0 Å². The number of aromatic nitrogens is 2. The average Bonchev–Trinajstić information content (AvgIpc) is 3.59. The number of ether oxygens (including phenoxy) is 1. The number of aliphatic hydroxyl groups is 2. The highest BCUT2D eigenvalue weighted by Gasteiger charge is 2.33. The molecular weight excluding hydrogens is 486 g/mol.